The highest BCUT2D eigenvalue weighted by Gasteiger charge is 2.38. The Morgan fingerprint density at radius 3 is 2.61 bits per heavy atom. The van der Waals surface area contributed by atoms with E-state index in [1.165, 1.54) is 22.5 Å². The topological polar surface area (TPSA) is 140 Å². The Morgan fingerprint density at radius 1 is 1.09 bits per heavy atom. The summed E-state index contributed by atoms with van der Waals surface area (Å²) in [5.41, 5.74) is 0. The SMILES string of the molecule is O=C(Nc1nnc(CCS(=O)(=O)c2ccccc2)o1)C1CCCCN1S(=O)(=O)c1cccs1. The molecule has 13 heteroatoms. The molecule has 1 fully saturated rings. The first-order valence-corrected chi connectivity index (χ1v) is 14.2. The van der Waals surface area contributed by atoms with Gasteiger partial charge in [-0.2, -0.15) is 4.31 Å². The molecule has 3 heterocycles. The van der Waals surface area contributed by atoms with E-state index >= 15 is 0 Å². The maximum absolute atomic E-state index is 13.0. The molecule has 1 aliphatic heterocycles. The quantitative estimate of drug-likeness (QED) is 0.487. The highest BCUT2D eigenvalue weighted by Crippen LogP contribution is 2.28. The van der Waals surface area contributed by atoms with Crippen molar-refractivity contribution in [1.82, 2.24) is 14.5 Å². The predicted molar refractivity (Wildman–Crippen MR) is 121 cm³/mol. The van der Waals surface area contributed by atoms with E-state index in [0.717, 1.165) is 11.3 Å². The average molecular weight is 511 g/mol. The highest BCUT2D eigenvalue weighted by atomic mass is 32.2. The molecule has 1 unspecified atom stereocenters. The lowest BCUT2D eigenvalue weighted by molar-refractivity contribution is -0.120. The Hall–Kier alpha value is -2.61. The lowest BCUT2D eigenvalue weighted by Gasteiger charge is -2.32. The number of hydrogen-bond donors (Lipinski definition) is 1. The molecule has 10 nitrogen and oxygen atoms in total. The molecule has 33 heavy (non-hydrogen) atoms. The molecule has 0 aliphatic carbocycles. The molecule has 1 aliphatic rings. The number of rotatable bonds is 8. The Bertz CT molecular complexity index is 1300. The number of thiophene rings is 1. The second-order valence-corrected chi connectivity index (χ2v) is 12.6. The van der Waals surface area contributed by atoms with Crippen LogP contribution in [0.3, 0.4) is 0 Å². The van der Waals surface area contributed by atoms with Crippen LogP contribution in [0.5, 0.6) is 0 Å². The van der Waals surface area contributed by atoms with Gasteiger partial charge in [-0.3, -0.25) is 10.1 Å². The van der Waals surface area contributed by atoms with Crippen LogP contribution in [0.1, 0.15) is 25.2 Å². The second kappa shape index (κ2) is 9.71. The summed E-state index contributed by atoms with van der Waals surface area (Å²) in [5.74, 6) is -0.749. The standard InChI is InChI=1S/C20H22N4O6S3/c25-19(16-9-4-5-12-24(16)33(28,29)18-10-6-13-31-18)21-20-23-22-17(30-20)11-14-32(26,27)15-7-2-1-3-8-15/h1-3,6-8,10,13,16H,4-5,9,11-12,14H2,(H,21,23,25). The van der Waals surface area contributed by atoms with Gasteiger partial charge in [0.1, 0.15) is 10.3 Å². The van der Waals surface area contributed by atoms with Crippen LogP contribution in [0.25, 0.3) is 0 Å². The van der Waals surface area contributed by atoms with E-state index in [2.05, 4.69) is 15.5 Å². The number of hydrogen-bond acceptors (Lipinski definition) is 9. The molecule has 0 radical (unpaired) electrons. The minimum Gasteiger partial charge on any atom is -0.408 e. The molecule has 1 amide bonds. The minimum atomic E-state index is -3.79. The molecule has 1 aromatic carbocycles. The lowest BCUT2D eigenvalue weighted by Crippen LogP contribution is -2.49. The van der Waals surface area contributed by atoms with Gasteiger partial charge in [0.15, 0.2) is 9.84 Å². The molecule has 4 rings (SSSR count). The van der Waals surface area contributed by atoms with Crippen LogP contribution in [0.2, 0.25) is 0 Å². The third-order valence-electron chi connectivity index (χ3n) is 5.20. The molecule has 3 aromatic rings. The normalized spacial score (nSPS) is 17.6. The summed E-state index contributed by atoms with van der Waals surface area (Å²) < 4.78 is 57.5. The van der Waals surface area contributed by atoms with Crippen molar-refractivity contribution in [3.05, 3.63) is 53.7 Å². The smallest absolute Gasteiger partial charge is 0.322 e. The molecule has 0 spiro atoms. The Labute approximate surface area is 195 Å². The van der Waals surface area contributed by atoms with Crippen molar-refractivity contribution in [2.75, 3.05) is 17.6 Å². The first kappa shape index (κ1) is 23.5. The zero-order chi connectivity index (χ0) is 23.5. The number of sulfone groups is 1. The summed E-state index contributed by atoms with van der Waals surface area (Å²) in [6, 6.07) is 10.1. The number of aryl methyl sites for hydroxylation is 1. The van der Waals surface area contributed by atoms with Gasteiger partial charge >= 0.3 is 6.01 Å². The lowest BCUT2D eigenvalue weighted by atomic mass is 10.0. The Kier molecular flexibility index (Phi) is 6.93. The molecule has 2 aromatic heterocycles. The Morgan fingerprint density at radius 2 is 1.88 bits per heavy atom. The van der Waals surface area contributed by atoms with Gasteiger partial charge < -0.3 is 4.42 Å². The maximum Gasteiger partial charge on any atom is 0.322 e. The Balaban J connectivity index is 1.41. The molecule has 0 bridgehead atoms. The van der Waals surface area contributed by atoms with Crippen LogP contribution >= 0.6 is 11.3 Å². The van der Waals surface area contributed by atoms with Crippen molar-refractivity contribution in [1.29, 1.82) is 0 Å². The average Bonchev–Trinajstić information content (AvgIpc) is 3.51. The van der Waals surface area contributed by atoms with Gasteiger partial charge in [-0.15, -0.1) is 16.4 Å². The van der Waals surface area contributed by atoms with E-state index in [1.807, 2.05) is 0 Å². The number of sulfonamides is 1. The number of amides is 1. The van der Waals surface area contributed by atoms with E-state index in [1.54, 1.807) is 29.6 Å². The van der Waals surface area contributed by atoms with Crippen LogP contribution in [0.15, 0.2) is 61.4 Å². The summed E-state index contributed by atoms with van der Waals surface area (Å²) in [7, 11) is -7.32. The number of carbonyl (C=O) groups is 1. The number of carbonyl (C=O) groups excluding carboxylic acids is 1. The second-order valence-electron chi connectivity index (χ2n) is 7.43. The van der Waals surface area contributed by atoms with E-state index in [0.29, 0.717) is 19.3 Å². The van der Waals surface area contributed by atoms with Crippen LogP contribution in [0, 0.1) is 0 Å². The number of anilines is 1. The fourth-order valence-electron chi connectivity index (χ4n) is 3.54. The van der Waals surface area contributed by atoms with Gasteiger partial charge in [0.05, 0.1) is 10.6 Å². The van der Waals surface area contributed by atoms with E-state index in [9.17, 15) is 21.6 Å². The van der Waals surface area contributed by atoms with Gasteiger partial charge in [-0.1, -0.05) is 35.8 Å². The number of nitrogens with zero attached hydrogens (tertiary/aromatic N) is 3. The summed E-state index contributed by atoms with van der Waals surface area (Å²) in [6.45, 7) is 0.241. The first-order chi connectivity index (χ1) is 15.8. The van der Waals surface area contributed by atoms with Crippen LogP contribution in [0.4, 0.5) is 6.01 Å². The van der Waals surface area contributed by atoms with Gasteiger partial charge in [-0.05, 0) is 36.4 Å². The molecule has 1 N–H and O–H groups in total. The van der Waals surface area contributed by atoms with E-state index in [4.69, 9.17) is 4.42 Å². The summed E-state index contributed by atoms with van der Waals surface area (Å²) in [4.78, 5) is 13.1. The number of benzene rings is 1. The van der Waals surface area contributed by atoms with Crippen molar-refractivity contribution < 1.29 is 26.0 Å². The van der Waals surface area contributed by atoms with E-state index < -0.39 is 31.8 Å². The van der Waals surface area contributed by atoms with Gasteiger partial charge in [0, 0.05) is 13.0 Å². The van der Waals surface area contributed by atoms with Crippen molar-refractivity contribution >= 4 is 43.1 Å². The molecule has 176 valence electrons. The maximum atomic E-state index is 13.0. The molecular weight excluding hydrogens is 488 g/mol. The monoisotopic (exact) mass is 510 g/mol. The van der Waals surface area contributed by atoms with Crippen molar-refractivity contribution in [2.24, 2.45) is 0 Å². The van der Waals surface area contributed by atoms with E-state index in [-0.39, 0.29) is 39.7 Å². The fourth-order valence-corrected chi connectivity index (χ4v) is 7.57. The molecular formula is C20H22N4O6S3. The number of nitrogens with one attached hydrogen (secondary N) is 1. The minimum absolute atomic E-state index is 0.0254. The summed E-state index contributed by atoms with van der Waals surface area (Å²) >= 11 is 1.10. The van der Waals surface area contributed by atoms with Gasteiger partial charge in [0.2, 0.25) is 11.8 Å². The highest BCUT2D eigenvalue weighted by molar-refractivity contribution is 7.91. The molecule has 1 atom stereocenters. The number of piperidine rings is 1. The zero-order valence-corrected chi connectivity index (χ0v) is 19.9. The largest absolute Gasteiger partial charge is 0.408 e. The van der Waals surface area contributed by atoms with Crippen LogP contribution in [-0.2, 0) is 31.1 Å². The van der Waals surface area contributed by atoms with Crippen LogP contribution in [-0.4, -0.2) is 55.6 Å². The van der Waals surface area contributed by atoms with Gasteiger partial charge in [0.25, 0.3) is 10.0 Å². The molecule has 0 saturated carbocycles. The van der Waals surface area contributed by atoms with Crippen LogP contribution < -0.4 is 5.32 Å². The third-order valence-corrected chi connectivity index (χ3v) is 10.2. The summed E-state index contributed by atoms with van der Waals surface area (Å²) in [5, 5.41) is 11.7. The zero-order valence-electron chi connectivity index (χ0n) is 17.5. The molecule has 1 saturated heterocycles. The van der Waals surface area contributed by atoms with Crippen molar-refractivity contribution in [3.8, 4) is 0 Å². The number of aromatic nitrogens is 2. The predicted octanol–water partition coefficient (Wildman–Crippen LogP) is 2.33. The van der Waals surface area contributed by atoms with Gasteiger partial charge in [-0.25, -0.2) is 16.8 Å². The first-order valence-electron chi connectivity index (χ1n) is 10.2. The summed E-state index contributed by atoms with van der Waals surface area (Å²) in [6.07, 6.45) is 1.71. The van der Waals surface area contributed by atoms with Crippen molar-refractivity contribution in [3.63, 3.8) is 0 Å². The fraction of sp³-hybridized carbons (Fsp3) is 0.350. The van der Waals surface area contributed by atoms with Crippen molar-refractivity contribution in [2.45, 2.75) is 40.8 Å². The third kappa shape index (κ3) is 5.32.